The Kier molecular flexibility index (Phi) is 7.34. The highest BCUT2D eigenvalue weighted by molar-refractivity contribution is 8.72. The van der Waals surface area contributed by atoms with Gasteiger partial charge in [0.15, 0.2) is 5.94 Å². The number of benzene rings is 1. The maximum atomic E-state index is 12.3. The molecular formula is C18H27NO4S2. The molecule has 140 valence electrons. The largest absolute Gasteiger partial charge is 0.453 e. The van der Waals surface area contributed by atoms with E-state index in [2.05, 4.69) is 4.90 Å². The monoisotopic (exact) mass is 385 g/mol. The third-order valence-corrected chi connectivity index (χ3v) is 7.65. The number of carbonyl (C=O) groups is 1. The fourth-order valence-corrected chi connectivity index (χ4v) is 4.89. The Morgan fingerprint density at radius 1 is 1.16 bits per heavy atom. The van der Waals surface area contributed by atoms with E-state index in [1.54, 1.807) is 18.2 Å². The molecule has 1 aliphatic rings. The maximum absolute atomic E-state index is 12.3. The van der Waals surface area contributed by atoms with Crippen LogP contribution in [0.25, 0.3) is 0 Å². The number of hydrogen-bond acceptors (Lipinski definition) is 6. The SMILES string of the molecule is CC(C)(CCN1CCCCC1)C(=O)OCSS(=O)(=O)c1ccccc1. The van der Waals surface area contributed by atoms with Crippen LogP contribution in [0.2, 0.25) is 0 Å². The van der Waals surface area contributed by atoms with E-state index in [-0.39, 0.29) is 16.8 Å². The summed E-state index contributed by atoms with van der Waals surface area (Å²) in [5.41, 5.74) is -0.617. The summed E-state index contributed by atoms with van der Waals surface area (Å²) < 4.78 is 29.6. The molecule has 1 saturated heterocycles. The van der Waals surface area contributed by atoms with Crippen molar-refractivity contribution in [1.29, 1.82) is 0 Å². The van der Waals surface area contributed by atoms with E-state index < -0.39 is 14.3 Å². The molecule has 0 atom stereocenters. The first-order valence-corrected chi connectivity index (χ1v) is 11.6. The van der Waals surface area contributed by atoms with Gasteiger partial charge in [0.1, 0.15) is 0 Å². The van der Waals surface area contributed by atoms with Gasteiger partial charge in [-0.1, -0.05) is 24.6 Å². The van der Waals surface area contributed by atoms with E-state index in [1.807, 2.05) is 13.8 Å². The molecule has 0 unspecified atom stereocenters. The van der Waals surface area contributed by atoms with Crippen molar-refractivity contribution in [3.63, 3.8) is 0 Å². The van der Waals surface area contributed by atoms with Crippen molar-refractivity contribution in [3.8, 4) is 0 Å². The highest BCUT2D eigenvalue weighted by Gasteiger charge is 2.30. The predicted octanol–water partition coefficient (Wildman–Crippen LogP) is 3.51. The van der Waals surface area contributed by atoms with Gasteiger partial charge in [-0.3, -0.25) is 4.79 Å². The van der Waals surface area contributed by atoms with Gasteiger partial charge in [0.2, 0.25) is 8.87 Å². The van der Waals surface area contributed by atoms with Crippen LogP contribution in [0, 0.1) is 5.41 Å². The molecule has 0 aromatic heterocycles. The van der Waals surface area contributed by atoms with E-state index in [0.717, 1.165) is 19.6 Å². The number of likely N-dealkylation sites (tertiary alicyclic amines) is 1. The molecule has 7 heteroatoms. The van der Waals surface area contributed by atoms with Gasteiger partial charge >= 0.3 is 5.97 Å². The van der Waals surface area contributed by atoms with Gasteiger partial charge in [0.05, 0.1) is 10.3 Å². The van der Waals surface area contributed by atoms with Crippen LogP contribution in [0.5, 0.6) is 0 Å². The zero-order valence-corrected chi connectivity index (χ0v) is 16.6. The summed E-state index contributed by atoms with van der Waals surface area (Å²) in [7, 11) is -2.86. The van der Waals surface area contributed by atoms with Crippen LogP contribution in [0.4, 0.5) is 0 Å². The topological polar surface area (TPSA) is 63.7 Å². The van der Waals surface area contributed by atoms with Crippen LogP contribution >= 0.6 is 10.8 Å². The van der Waals surface area contributed by atoms with Gasteiger partial charge in [-0.2, -0.15) is 0 Å². The number of piperidine rings is 1. The third kappa shape index (κ3) is 6.31. The molecule has 1 heterocycles. The van der Waals surface area contributed by atoms with E-state index in [4.69, 9.17) is 4.74 Å². The number of carbonyl (C=O) groups excluding carboxylic acids is 1. The lowest BCUT2D eigenvalue weighted by molar-refractivity contribution is -0.152. The summed E-state index contributed by atoms with van der Waals surface area (Å²) in [6.45, 7) is 6.77. The van der Waals surface area contributed by atoms with Crippen LogP contribution in [-0.4, -0.2) is 44.9 Å². The molecule has 5 nitrogen and oxygen atoms in total. The summed E-state index contributed by atoms with van der Waals surface area (Å²) in [6, 6.07) is 8.17. The number of hydrogen-bond donors (Lipinski definition) is 0. The van der Waals surface area contributed by atoms with E-state index in [0.29, 0.717) is 17.2 Å². The van der Waals surface area contributed by atoms with Crippen LogP contribution in [0.3, 0.4) is 0 Å². The number of ether oxygens (including phenoxy) is 1. The zero-order valence-electron chi connectivity index (χ0n) is 14.9. The standard InChI is InChI=1S/C18H27NO4S2/c1-18(2,11-14-19-12-7-4-8-13-19)17(20)23-15-24-25(21,22)16-9-5-3-6-10-16/h3,5-6,9-10H,4,7-8,11-15H2,1-2H3. The molecule has 1 aromatic rings. The Bertz CT molecular complexity index is 653. The normalized spacial score (nSPS) is 16.6. The third-order valence-electron chi connectivity index (χ3n) is 4.48. The minimum Gasteiger partial charge on any atom is -0.453 e. The van der Waals surface area contributed by atoms with Crippen LogP contribution in [0.15, 0.2) is 35.2 Å². The molecular weight excluding hydrogens is 358 g/mol. The Morgan fingerprint density at radius 2 is 1.80 bits per heavy atom. The number of nitrogens with zero attached hydrogens (tertiary/aromatic N) is 1. The molecule has 0 N–H and O–H groups in total. The molecule has 0 amide bonds. The smallest absolute Gasteiger partial charge is 0.312 e. The summed E-state index contributed by atoms with van der Waals surface area (Å²) >= 11 is 0. The van der Waals surface area contributed by atoms with Crippen molar-refractivity contribution in [2.75, 3.05) is 25.6 Å². The van der Waals surface area contributed by atoms with Crippen LogP contribution in [0.1, 0.15) is 39.5 Å². The van der Waals surface area contributed by atoms with Gasteiger partial charge in [0, 0.05) is 10.8 Å². The molecule has 0 spiro atoms. The average molecular weight is 386 g/mol. The lowest BCUT2D eigenvalue weighted by atomic mass is 9.89. The van der Waals surface area contributed by atoms with Crippen molar-refractivity contribution in [2.45, 2.75) is 44.4 Å². The first kappa shape index (κ1) is 20.3. The minimum atomic E-state index is -3.50. The molecule has 0 aliphatic carbocycles. The molecule has 1 aliphatic heterocycles. The van der Waals surface area contributed by atoms with E-state index in [1.165, 1.54) is 31.4 Å². The second-order valence-corrected chi connectivity index (χ2v) is 10.8. The maximum Gasteiger partial charge on any atom is 0.312 e. The highest BCUT2D eigenvalue weighted by atomic mass is 33.1. The molecule has 25 heavy (non-hydrogen) atoms. The van der Waals surface area contributed by atoms with E-state index in [9.17, 15) is 13.2 Å². The quantitative estimate of drug-likeness (QED) is 0.388. The van der Waals surface area contributed by atoms with E-state index >= 15 is 0 Å². The second-order valence-electron chi connectivity index (χ2n) is 6.97. The molecule has 0 saturated carbocycles. The fourth-order valence-electron chi connectivity index (χ4n) is 2.71. The van der Waals surface area contributed by atoms with Crippen molar-refractivity contribution in [2.24, 2.45) is 5.41 Å². The summed E-state index contributed by atoms with van der Waals surface area (Å²) in [5.74, 6) is -0.538. The molecule has 2 rings (SSSR count). The average Bonchev–Trinajstić information content (AvgIpc) is 2.61. The van der Waals surface area contributed by atoms with Crippen molar-refractivity contribution in [1.82, 2.24) is 4.90 Å². The first-order chi connectivity index (χ1) is 11.8. The zero-order chi connectivity index (χ0) is 18.3. The highest BCUT2D eigenvalue weighted by Crippen LogP contribution is 2.27. The molecule has 1 aromatic carbocycles. The molecule has 0 bridgehead atoms. The van der Waals surface area contributed by atoms with Crippen LogP contribution < -0.4 is 0 Å². The fraction of sp³-hybridized carbons (Fsp3) is 0.611. The molecule has 1 fully saturated rings. The van der Waals surface area contributed by atoms with Crippen molar-refractivity contribution in [3.05, 3.63) is 30.3 Å². The summed E-state index contributed by atoms with van der Waals surface area (Å²) in [5, 5.41) is 0. The summed E-state index contributed by atoms with van der Waals surface area (Å²) in [4.78, 5) is 14.9. The van der Waals surface area contributed by atoms with Gasteiger partial charge in [0.25, 0.3) is 0 Å². The lowest BCUT2D eigenvalue weighted by Crippen LogP contribution is -2.36. The Labute approximate surface area is 154 Å². The van der Waals surface area contributed by atoms with Gasteiger partial charge in [-0.25, -0.2) is 8.42 Å². The van der Waals surface area contributed by atoms with Crippen molar-refractivity contribution < 1.29 is 17.9 Å². The second kappa shape index (κ2) is 9.05. The van der Waals surface area contributed by atoms with Gasteiger partial charge < -0.3 is 9.64 Å². The first-order valence-electron chi connectivity index (χ1n) is 8.65. The van der Waals surface area contributed by atoms with Crippen molar-refractivity contribution >= 4 is 25.6 Å². The summed E-state index contributed by atoms with van der Waals surface area (Å²) in [6.07, 6.45) is 4.44. The Morgan fingerprint density at radius 3 is 2.44 bits per heavy atom. The Hall–Kier alpha value is -1.05. The Balaban J connectivity index is 1.78. The minimum absolute atomic E-state index is 0.191. The molecule has 0 radical (unpaired) electrons. The number of rotatable bonds is 8. The van der Waals surface area contributed by atoms with Gasteiger partial charge in [-0.15, -0.1) is 0 Å². The van der Waals surface area contributed by atoms with Crippen LogP contribution in [-0.2, 0) is 18.4 Å². The predicted molar refractivity (Wildman–Crippen MR) is 101 cm³/mol. The number of esters is 1. The van der Waals surface area contributed by atoms with Gasteiger partial charge in [-0.05, 0) is 64.9 Å². The lowest BCUT2D eigenvalue weighted by Gasteiger charge is -2.30.